The first-order valence-corrected chi connectivity index (χ1v) is 7.27. The number of rotatable bonds is 6. The second kappa shape index (κ2) is 7.23. The van der Waals surface area contributed by atoms with Crippen LogP contribution < -0.4 is 10.6 Å². The zero-order valence-corrected chi connectivity index (χ0v) is 13.2. The number of carbonyl (C=O) groups excluding carboxylic acids is 2. The van der Waals surface area contributed by atoms with E-state index >= 15 is 0 Å². The Morgan fingerprint density at radius 3 is 2.59 bits per heavy atom. The first kappa shape index (κ1) is 17.9. The van der Waals surface area contributed by atoms with Crippen molar-refractivity contribution in [2.75, 3.05) is 18.5 Å². The fourth-order valence-corrected chi connectivity index (χ4v) is 2.39. The second-order valence-corrected chi connectivity index (χ2v) is 5.78. The SMILES string of the molecule is CCOC(=O)c1sc(NC(=O)NCC(C)(O)C(=O)O)cc1C. The molecule has 9 heteroatoms. The highest BCUT2D eigenvalue weighted by atomic mass is 32.1. The van der Waals surface area contributed by atoms with E-state index in [2.05, 4.69) is 10.6 Å². The Labute approximate surface area is 131 Å². The Morgan fingerprint density at radius 2 is 2.05 bits per heavy atom. The number of urea groups is 1. The van der Waals surface area contributed by atoms with E-state index in [1.807, 2.05) is 0 Å². The van der Waals surface area contributed by atoms with E-state index < -0.39 is 30.1 Å². The molecular formula is C13H18N2O6S. The van der Waals surface area contributed by atoms with Crippen LogP contribution in [0, 0.1) is 6.92 Å². The molecule has 8 nitrogen and oxygen atoms in total. The molecule has 1 unspecified atom stereocenters. The highest BCUT2D eigenvalue weighted by Gasteiger charge is 2.30. The number of thiophene rings is 1. The lowest BCUT2D eigenvalue weighted by atomic mass is 10.1. The minimum absolute atomic E-state index is 0.254. The maximum atomic E-state index is 11.7. The van der Waals surface area contributed by atoms with Crippen LogP contribution in [0.15, 0.2) is 6.07 Å². The van der Waals surface area contributed by atoms with Crippen molar-refractivity contribution in [1.29, 1.82) is 0 Å². The molecule has 122 valence electrons. The summed E-state index contributed by atoms with van der Waals surface area (Å²) in [5.74, 6) is -1.91. The van der Waals surface area contributed by atoms with Gasteiger partial charge < -0.3 is 20.3 Å². The van der Waals surface area contributed by atoms with Crippen molar-refractivity contribution in [1.82, 2.24) is 5.32 Å². The summed E-state index contributed by atoms with van der Waals surface area (Å²) >= 11 is 1.05. The fourth-order valence-electron chi connectivity index (χ4n) is 1.43. The molecule has 1 rings (SSSR count). The monoisotopic (exact) mass is 330 g/mol. The molecule has 0 aliphatic rings. The van der Waals surface area contributed by atoms with Crippen LogP contribution in [0.3, 0.4) is 0 Å². The van der Waals surface area contributed by atoms with Gasteiger partial charge in [-0.2, -0.15) is 0 Å². The Balaban J connectivity index is 2.64. The molecule has 0 aliphatic carbocycles. The summed E-state index contributed by atoms with van der Waals surface area (Å²) in [4.78, 5) is 34.4. The van der Waals surface area contributed by atoms with Crippen molar-refractivity contribution in [3.05, 3.63) is 16.5 Å². The first-order chi connectivity index (χ1) is 10.2. The molecule has 1 aromatic heterocycles. The van der Waals surface area contributed by atoms with Gasteiger partial charge in [0.1, 0.15) is 4.88 Å². The molecular weight excluding hydrogens is 312 g/mol. The normalized spacial score (nSPS) is 13.1. The largest absolute Gasteiger partial charge is 0.479 e. The number of aliphatic hydroxyl groups is 1. The number of hydrogen-bond acceptors (Lipinski definition) is 6. The Kier molecular flexibility index (Phi) is 5.89. The number of aliphatic carboxylic acids is 1. The number of carbonyl (C=O) groups is 3. The average molecular weight is 330 g/mol. The lowest BCUT2D eigenvalue weighted by molar-refractivity contribution is -0.155. The van der Waals surface area contributed by atoms with Gasteiger partial charge in [0.05, 0.1) is 18.2 Å². The van der Waals surface area contributed by atoms with Crippen LogP contribution in [0.2, 0.25) is 0 Å². The standard InChI is InChI=1S/C13H18N2O6S/c1-4-21-10(16)9-7(2)5-8(22-9)15-12(19)14-6-13(3,20)11(17)18/h5,20H,4,6H2,1-3H3,(H,17,18)(H2,14,15,19). The van der Waals surface area contributed by atoms with Gasteiger partial charge in [0.25, 0.3) is 0 Å². The van der Waals surface area contributed by atoms with Crippen molar-refractivity contribution >= 4 is 34.3 Å². The maximum absolute atomic E-state index is 11.7. The number of nitrogens with one attached hydrogen (secondary N) is 2. The number of aryl methyl sites for hydroxylation is 1. The number of anilines is 1. The van der Waals surface area contributed by atoms with Crippen LogP contribution in [0.5, 0.6) is 0 Å². The van der Waals surface area contributed by atoms with Crippen LogP contribution in [0.25, 0.3) is 0 Å². The van der Waals surface area contributed by atoms with Crippen LogP contribution in [0.1, 0.15) is 29.1 Å². The molecule has 1 aromatic rings. The number of carboxylic acids is 1. The number of hydrogen-bond donors (Lipinski definition) is 4. The molecule has 0 fully saturated rings. The minimum atomic E-state index is -2.06. The number of amides is 2. The third-order valence-electron chi connectivity index (χ3n) is 2.67. The van der Waals surface area contributed by atoms with Gasteiger partial charge in [-0.3, -0.25) is 5.32 Å². The van der Waals surface area contributed by atoms with E-state index in [-0.39, 0.29) is 6.61 Å². The zero-order valence-electron chi connectivity index (χ0n) is 12.4. The van der Waals surface area contributed by atoms with E-state index in [0.717, 1.165) is 18.3 Å². The fraction of sp³-hybridized carbons (Fsp3) is 0.462. The molecule has 0 saturated heterocycles. The summed E-state index contributed by atoms with van der Waals surface area (Å²) < 4.78 is 4.89. The zero-order chi connectivity index (χ0) is 16.9. The van der Waals surface area contributed by atoms with Crippen LogP contribution in [-0.4, -0.2) is 46.9 Å². The van der Waals surface area contributed by atoms with Crippen LogP contribution in [0.4, 0.5) is 9.80 Å². The summed E-state index contributed by atoms with van der Waals surface area (Å²) in [6, 6.07) is 0.921. The molecule has 1 heterocycles. The smallest absolute Gasteiger partial charge is 0.348 e. The van der Waals surface area contributed by atoms with E-state index in [1.54, 1.807) is 19.9 Å². The lowest BCUT2D eigenvalue weighted by Crippen LogP contribution is -2.47. The van der Waals surface area contributed by atoms with Gasteiger partial charge in [0.15, 0.2) is 5.60 Å². The molecule has 2 amide bonds. The van der Waals surface area contributed by atoms with E-state index in [1.165, 1.54) is 0 Å². The van der Waals surface area contributed by atoms with Gasteiger partial charge in [0.2, 0.25) is 0 Å². The van der Waals surface area contributed by atoms with E-state index in [4.69, 9.17) is 9.84 Å². The van der Waals surface area contributed by atoms with Crippen molar-refractivity contribution < 1.29 is 29.3 Å². The summed E-state index contributed by atoms with van der Waals surface area (Å²) in [6.45, 7) is 4.28. The Bertz CT molecular complexity index is 581. The van der Waals surface area contributed by atoms with Crippen molar-refractivity contribution in [2.45, 2.75) is 26.4 Å². The number of esters is 1. The highest BCUT2D eigenvalue weighted by Crippen LogP contribution is 2.27. The van der Waals surface area contributed by atoms with Crippen LogP contribution in [-0.2, 0) is 9.53 Å². The first-order valence-electron chi connectivity index (χ1n) is 6.45. The average Bonchev–Trinajstić information content (AvgIpc) is 2.77. The van der Waals surface area contributed by atoms with Gasteiger partial charge in [-0.25, -0.2) is 14.4 Å². The molecule has 1 atom stereocenters. The Morgan fingerprint density at radius 1 is 1.41 bits per heavy atom. The number of carboxylic acid groups (broad SMARTS) is 1. The third kappa shape index (κ3) is 4.71. The quantitative estimate of drug-likeness (QED) is 0.581. The van der Waals surface area contributed by atoms with Crippen LogP contribution >= 0.6 is 11.3 Å². The molecule has 0 radical (unpaired) electrons. The minimum Gasteiger partial charge on any atom is -0.479 e. The molecule has 0 aromatic carbocycles. The summed E-state index contributed by atoms with van der Waals surface area (Å²) in [5.41, 5.74) is -1.39. The van der Waals surface area contributed by atoms with Gasteiger partial charge in [-0.05, 0) is 32.4 Å². The predicted molar refractivity (Wildman–Crippen MR) is 80.3 cm³/mol. The molecule has 22 heavy (non-hydrogen) atoms. The van der Waals surface area contributed by atoms with E-state index in [0.29, 0.717) is 15.4 Å². The van der Waals surface area contributed by atoms with Crippen molar-refractivity contribution in [3.63, 3.8) is 0 Å². The molecule has 0 saturated carbocycles. The van der Waals surface area contributed by atoms with Gasteiger partial charge >= 0.3 is 18.0 Å². The topological polar surface area (TPSA) is 125 Å². The molecule has 0 aliphatic heterocycles. The van der Waals surface area contributed by atoms with Gasteiger partial charge in [-0.1, -0.05) is 0 Å². The van der Waals surface area contributed by atoms with Gasteiger partial charge in [0, 0.05) is 0 Å². The van der Waals surface area contributed by atoms with Crippen molar-refractivity contribution in [2.24, 2.45) is 0 Å². The molecule has 0 bridgehead atoms. The lowest BCUT2D eigenvalue weighted by Gasteiger charge is -2.18. The summed E-state index contributed by atoms with van der Waals surface area (Å²) in [5, 5.41) is 23.3. The summed E-state index contributed by atoms with van der Waals surface area (Å²) in [7, 11) is 0. The summed E-state index contributed by atoms with van der Waals surface area (Å²) in [6.07, 6.45) is 0. The Hall–Kier alpha value is -2.13. The van der Waals surface area contributed by atoms with Gasteiger partial charge in [-0.15, -0.1) is 11.3 Å². The van der Waals surface area contributed by atoms with E-state index in [9.17, 15) is 19.5 Å². The number of ether oxygens (including phenoxy) is 1. The molecule has 0 spiro atoms. The molecule has 4 N–H and O–H groups in total. The third-order valence-corrected chi connectivity index (χ3v) is 3.80. The maximum Gasteiger partial charge on any atom is 0.348 e. The highest BCUT2D eigenvalue weighted by molar-refractivity contribution is 7.18. The predicted octanol–water partition coefficient (Wildman–Crippen LogP) is 1.19. The van der Waals surface area contributed by atoms with Crippen molar-refractivity contribution in [3.8, 4) is 0 Å². The second-order valence-electron chi connectivity index (χ2n) is 4.73.